The number of hydrogen-bond donors (Lipinski definition) is 1. The molecule has 0 spiro atoms. The Morgan fingerprint density at radius 3 is 2.57 bits per heavy atom. The highest BCUT2D eigenvalue weighted by Crippen LogP contribution is 1.82. The van der Waals surface area contributed by atoms with Crippen LogP contribution in [0.2, 0.25) is 0 Å². The van der Waals surface area contributed by atoms with Crippen molar-refractivity contribution < 1.29 is 0 Å². The molecule has 1 nitrogen and oxygen atoms in total. The molecule has 1 rings (SSSR count). The Hall–Kier alpha value is -0.655. The second-order valence-electron chi connectivity index (χ2n) is 1.79. The molecule has 0 aliphatic carbocycles. The molecule has 0 atom stereocenters. The third-order valence-electron chi connectivity index (χ3n) is 1.22. The largest absolute Gasteiger partial charge is 0.366 e. The van der Waals surface area contributed by atoms with Crippen LogP contribution in [-0.2, 0) is 0 Å². The van der Waals surface area contributed by atoms with Gasteiger partial charge in [0.15, 0.2) is 0 Å². The van der Waals surface area contributed by atoms with Gasteiger partial charge in [-0.2, -0.15) is 0 Å². The van der Waals surface area contributed by atoms with Crippen LogP contribution in [0.3, 0.4) is 0 Å². The molecule has 1 heterocycles. The third-order valence-corrected chi connectivity index (χ3v) is 1.22. The maximum Gasteiger partial charge on any atom is 0.141 e. The molecule has 0 radical (unpaired) electrons. The topological polar surface area (TPSA) is 15.8 Å². The SMILES string of the molecule is Bc1cc[nH]c1C. The van der Waals surface area contributed by atoms with Gasteiger partial charge in [-0.25, -0.2) is 0 Å². The second-order valence-corrected chi connectivity index (χ2v) is 1.79. The standard InChI is InChI=1S/C5H8BN/c1-4-5(6)2-3-7-4/h2-3,7H,6H2,1H3. The number of aromatic amines is 1. The van der Waals surface area contributed by atoms with Gasteiger partial charge in [0.25, 0.3) is 0 Å². The molecule has 7 heavy (non-hydrogen) atoms. The van der Waals surface area contributed by atoms with E-state index in [1.165, 1.54) is 11.2 Å². The molecule has 0 aliphatic heterocycles. The summed E-state index contributed by atoms with van der Waals surface area (Å²) >= 11 is 0. The summed E-state index contributed by atoms with van der Waals surface area (Å²) in [7, 11) is 2.09. The lowest BCUT2D eigenvalue weighted by molar-refractivity contribution is 1.28. The van der Waals surface area contributed by atoms with Crippen molar-refractivity contribution >= 4 is 13.3 Å². The highest BCUT2D eigenvalue weighted by molar-refractivity contribution is 6.33. The molecular weight excluding hydrogens is 84.9 g/mol. The maximum atomic E-state index is 3.07. The fourth-order valence-electron chi connectivity index (χ4n) is 0.531. The van der Waals surface area contributed by atoms with Gasteiger partial charge in [-0.15, -0.1) is 0 Å². The van der Waals surface area contributed by atoms with Gasteiger partial charge in [0.2, 0.25) is 0 Å². The molecule has 0 amide bonds. The van der Waals surface area contributed by atoms with Gasteiger partial charge in [0.1, 0.15) is 7.85 Å². The van der Waals surface area contributed by atoms with Crippen molar-refractivity contribution in [2.45, 2.75) is 6.92 Å². The Bertz CT molecular complexity index is 140. The monoisotopic (exact) mass is 93.1 g/mol. The van der Waals surface area contributed by atoms with Crippen LogP contribution in [0, 0.1) is 6.92 Å². The summed E-state index contributed by atoms with van der Waals surface area (Å²) in [6, 6.07) is 2.06. The van der Waals surface area contributed by atoms with E-state index >= 15 is 0 Å². The molecule has 1 N–H and O–H groups in total. The summed E-state index contributed by atoms with van der Waals surface area (Å²) in [6.07, 6.45) is 1.95. The molecule has 0 saturated carbocycles. The van der Waals surface area contributed by atoms with Gasteiger partial charge in [-0.1, -0.05) is 11.5 Å². The van der Waals surface area contributed by atoms with Crippen molar-refractivity contribution in [1.82, 2.24) is 4.98 Å². The summed E-state index contributed by atoms with van der Waals surface area (Å²) in [5, 5.41) is 0. The molecule has 36 valence electrons. The van der Waals surface area contributed by atoms with Crippen LogP contribution in [0.15, 0.2) is 12.3 Å². The first kappa shape index (κ1) is 4.50. The Kier molecular flexibility index (Phi) is 0.932. The summed E-state index contributed by atoms with van der Waals surface area (Å²) in [5.74, 6) is 0. The van der Waals surface area contributed by atoms with Gasteiger partial charge >= 0.3 is 0 Å². The van der Waals surface area contributed by atoms with Gasteiger partial charge in [0, 0.05) is 11.9 Å². The van der Waals surface area contributed by atoms with E-state index in [0.717, 1.165) is 0 Å². The summed E-state index contributed by atoms with van der Waals surface area (Å²) in [5.41, 5.74) is 2.60. The third kappa shape index (κ3) is 0.685. The summed E-state index contributed by atoms with van der Waals surface area (Å²) < 4.78 is 0. The normalized spacial score (nSPS) is 9.29. The maximum absolute atomic E-state index is 3.07. The van der Waals surface area contributed by atoms with E-state index in [0.29, 0.717) is 0 Å². The Balaban J connectivity index is 3.12. The molecule has 0 fully saturated rings. The van der Waals surface area contributed by atoms with E-state index in [1.807, 2.05) is 6.20 Å². The fraction of sp³-hybridized carbons (Fsp3) is 0.200. The molecule has 0 bridgehead atoms. The van der Waals surface area contributed by atoms with Crippen molar-refractivity contribution in [2.75, 3.05) is 0 Å². The van der Waals surface area contributed by atoms with Crippen molar-refractivity contribution in [3.05, 3.63) is 18.0 Å². The predicted octanol–water partition coefficient (Wildman–Crippen LogP) is -0.418. The number of aryl methyl sites for hydroxylation is 1. The van der Waals surface area contributed by atoms with Crippen LogP contribution in [0.25, 0.3) is 0 Å². The Morgan fingerprint density at radius 2 is 2.43 bits per heavy atom. The molecule has 0 aromatic carbocycles. The van der Waals surface area contributed by atoms with E-state index < -0.39 is 0 Å². The summed E-state index contributed by atoms with van der Waals surface area (Å²) in [4.78, 5) is 3.07. The molecule has 0 aliphatic rings. The molecule has 1 aromatic rings. The first-order valence-corrected chi connectivity index (χ1v) is 2.41. The lowest BCUT2D eigenvalue weighted by atomic mass is 9.97. The quantitative estimate of drug-likeness (QED) is 0.419. The minimum absolute atomic E-state index is 1.26. The molecule has 0 saturated heterocycles. The van der Waals surface area contributed by atoms with Gasteiger partial charge in [-0.3, -0.25) is 0 Å². The highest BCUT2D eigenvalue weighted by Gasteiger charge is 1.85. The van der Waals surface area contributed by atoms with Crippen LogP contribution < -0.4 is 5.46 Å². The second kappa shape index (κ2) is 1.45. The lowest BCUT2D eigenvalue weighted by Crippen LogP contribution is -2.00. The Morgan fingerprint density at radius 1 is 1.71 bits per heavy atom. The molecule has 0 unspecified atom stereocenters. The van der Waals surface area contributed by atoms with E-state index in [9.17, 15) is 0 Å². The van der Waals surface area contributed by atoms with Crippen molar-refractivity contribution in [3.63, 3.8) is 0 Å². The number of nitrogens with one attached hydrogen (secondary N) is 1. The van der Waals surface area contributed by atoms with Crippen LogP contribution in [0.5, 0.6) is 0 Å². The zero-order chi connectivity index (χ0) is 5.28. The Labute approximate surface area is 44.2 Å². The van der Waals surface area contributed by atoms with E-state index in [4.69, 9.17) is 0 Å². The van der Waals surface area contributed by atoms with Crippen molar-refractivity contribution in [1.29, 1.82) is 0 Å². The number of rotatable bonds is 0. The first-order chi connectivity index (χ1) is 3.30. The minimum Gasteiger partial charge on any atom is -0.366 e. The lowest BCUT2D eigenvalue weighted by Gasteiger charge is -1.81. The molecular formula is C5H8BN. The number of aromatic nitrogens is 1. The van der Waals surface area contributed by atoms with Crippen LogP contribution in [0.4, 0.5) is 0 Å². The van der Waals surface area contributed by atoms with Crippen LogP contribution in [-0.4, -0.2) is 12.8 Å². The van der Waals surface area contributed by atoms with Gasteiger partial charge in [-0.05, 0) is 6.92 Å². The highest BCUT2D eigenvalue weighted by atomic mass is 14.7. The zero-order valence-electron chi connectivity index (χ0n) is 4.65. The van der Waals surface area contributed by atoms with Crippen molar-refractivity contribution in [2.24, 2.45) is 0 Å². The van der Waals surface area contributed by atoms with Crippen LogP contribution >= 0.6 is 0 Å². The molecule has 1 aromatic heterocycles. The summed E-state index contributed by atoms with van der Waals surface area (Å²) in [6.45, 7) is 2.06. The average Bonchev–Trinajstić information content (AvgIpc) is 1.91. The fourth-order valence-corrected chi connectivity index (χ4v) is 0.531. The predicted molar refractivity (Wildman–Crippen MR) is 33.7 cm³/mol. The van der Waals surface area contributed by atoms with E-state index in [-0.39, 0.29) is 0 Å². The van der Waals surface area contributed by atoms with Crippen molar-refractivity contribution in [3.8, 4) is 0 Å². The van der Waals surface area contributed by atoms with Gasteiger partial charge < -0.3 is 4.98 Å². The minimum atomic E-state index is 1.26. The first-order valence-electron chi connectivity index (χ1n) is 2.41. The smallest absolute Gasteiger partial charge is 0.141 e. The molecule has 2 heteroatoms. The van der Waals surface area contributed by atoms with Gasteiger partial charge in [0.05, 0.1) is 0 Å². The van der Waals surface area contributed by atoms with Crippen LogP contribution in [0.1, 0.15) is 5.69 Å². The average molecular weight is 92.9 g/mol. The van der Waals surface area contributed by atoms with E-state index in [2.05, 4.69) is 25.8 Å². The zero-order valence-corrected chi connectivity index (χ0v) is 4.65. The number of H-pyrrole nitrogens is 1. The van der Waals surface area contributed by atoms with E-state index in [1.54, 1.807) is 0 Å². The number of hydrogen-bond acceptors (Lipinski definition) is 0.